The Kier molecular flexibility index (Phi) is 5.07. The Balaban J connectivity index is 1.69. The average molecular weight is 353 g/mol. The van der Waals surface area contributed by atoms with Gasteiger partial charge in [-0.3, -0.25) is 20.4 Å². The van der Waals surface area contributed by atoms with Crippen LogP contribution in [-0.2, 0) is 0 Å². The molecule has 3 aromatic rings. The maximum atomic E-state index is 12.3. The Morgan fingerprint density at radius 1 is 1.04 bits per heavy atom. The molecule has 26 heavy (non-hydrogen) atoms. The lowest BCUT2D eigenvalue weighted by atomic mass is 10.1. The molecule has 2 aromatic carbocycles. The maximum Gasteiger partial charge on any atom is 0.271 e. The van der Waals surface area contributed by atoms with Gasteiger partial charge in [-0.25, -0.2) is 0 Å². The number of hydrogen-bond acceptors (Lipinski definition) is 4. The number of ether oxygens (including phenoxy) is 2. The zero-order chi connectivity index (χ0) is 18.5. The molecule has 0 atom stereocenters. The highest BCUT2D eigenvalue weighted by molar-refractivity contribution is 6.07. The number of benzene rings is 2. The molecular formula is C19H19N3O4. The van der Waals surface area contributed by atoms with Gasteiger partial charge in [0.15, 0.2) is 11.5 Å². The van der Waals surface area contributed by atoms with Crippen molar-refractivity contribution in [1.82, 2.24) is 15.8 Å². The van der Waals surface area contributed by atoms with Crippen LogP contribution < -0.4 is 20.3 Å². The van der Waals surface area contributed by atoms with Gasteiger partial charge >= 0.3 is 0 Å². The van der Waals surface area contributed by atoms with Crippen LogP contribution in [-0.4, -0.2) is 30.5 Å². The molecule has 0 radical (unpaired) electrons. The summed E-state index contributed by atoms with van der Waals surface area (Å²) in [6.07, 6.45) is 1.60. The number of aromatic nitrogens is 1. The van der Waals surface area contributed by atoms with Gasteiger partial charge in [-0.2, -0.15) is 0 Å². The van der Waals surface area contributed by atoms with E-state index in [1.54, 1.807) is 24.4 Å². The number of para-hydroxylation sites is 1. The molecule has 0 saturated carbocycles. The van der Waals surface area contributed by atoms with Crippen molar-refractivity contribution in [2.45, 2.75) is 6.92 Å². The zero-order valence-corrected chi connectivity index (χ0v) is 14.5. The summed E-state index contributed by atoms with van der Waals surface area (Å²) < 4.78 is 10.6. The van der Waals surface area contributed by atoms with Crippen LogP contribution in [0.25, 0.3) is 10.9 Å². The summed E-state index contributed by atoms with van der Waals surface area (Å²) in [5.41, 5.74) is 6.46. The number of H-pyrrole nitrogens is 1. The van der Waals surface area contributed by atoms with Gasteiger partial charge in [0.2, 0.25) is 0 Å². The summed E-state index contributed by atoms with van der Waals surface area (Å²) in [5, 5.41) is 0.780. The van der Waals surface area contributed by atoms with Crippen LogP contribution in [0.2, 0.25) is 0 Å². The van der Waals surface area contributed by atoms with E-state index in [1.807, 2.05) is 31.2 Å². The Labute approximate surface area is 150 Å². The van der Waals surface area contributed by atoms with E-state index in [9.17, 15) is 9.59 Å². The van der Waals surface area contributed by atoms with E-state index < -0.39 is 11.8 Å². The van der Waals surface area contributed by atoms with E-state index in [0.29, 0.717) is 29.2 Å². The molecule has 7 nitrogen and oxygen atoms in total. The zero-order valence-electron chi connectivity index (χ0n) is 14.5. The van der Waals surface area contributed by atoms with Gasteiger partial charge in [0, 0.05) is 22.7 Å². The smallest absolute Gasteiger partial charge is 0.271 e. The number of hydrazine groups is 1. The van der Waals surface area contributed by atoms with E-state index in [1.165, 1.54) is 7.11 Å². The molecule has 2 amide bonds. The highest BCUT2D eigenvalue weighted by Crippen LogP contribution is 2.28. The van der Waals surface area contributed by atoms with Crippen LogP contribution in [0.15, 0.2) is 48.7 Å². The minimum absolute atomic E-state index is 0.338. The number of fused-ring (bicyclic) bond motifs is 1. The van der Waals surface area contributed by atoms with Crippen LogP contribution in [0, 0.1) is 0 Å². The van der Waals surface area contributed by atoms with E-state index in [4.69, 9.17) is 9.47 Å². The van der Waals surface area contributed by atoms with Gasteiger partial charge in [0.25, 0.3) is 11.8 Å². The van der Waals surface area contributed by atoms with Crippen molar-refractivity contribution >= 4 is 22.7 Å². The van der Waals surface area contributed by atoms with Gasteiger partial charge < -0.3 is 14.5 Å². The van der Waals surface area contributed by atoms with Crippen molar-refractivity contribution in [3.63, 3.8) is 0 Å². The number of aromatic amines is 1. The van der Waals surface area contributed by atoms with Crippen molar-refractivity contribution in [1.29, 1.82) is 0 Å². The monoisotopic (exact) mass is 353 g/mol. The first-order chi connectivity index (χ1) is 12.6. The Morgan fingerprint density at radius 2 is 1.81 bits per heavy atom. The quantitative estimate of drug-likeness (QED) is 0.615. The Morgan fingerprint density at radius 3 is 2.58 bits per heavy atom. The third-order valence-electron chi connectivity index (χ3n) is 3.85. The van der Waals surface area contributed by atoms with E-state index in [-0.39, 0.29) is 0 Å². The number of methoxy groups -OCH3 is 1. The normalized spacial score (nSPS) is 10.4. The first kappa shape index (κ1) is 17.3. The molecule has 134 valence electrons. The second-order valence-electron chi connectivity index (χ2n) is 5.45. The van der Waals surface area contributed by atoms with Crippen molar-refractivity contribution in [3.8, 4) is 11.5 Å². The van der Waals surface area contributed by atoms with Crippen molar-refractivity contribution in [2.75, 3.05) is 13.7 Å². The minimum Gasteiger partial charge on any atom is -0.493 e. The van der Waals surface area contributed by atoms with Crippen molar-refractivity contribution < 1.29 is 19.1 Å². The van der Waals surface area contributed by atoms with Crippen LogP contribution in [0.3, 0.4) is 0 Å². The third kappa shape index (κ3) is 3.46. The number of hydrogen-bond donors (Lipinski definition) is 3. The van der Waals surface area contributed by atoms with Gasteiger partial charge in [0.1, 0.15) is 0 Å². The standard InChI is InChI=1S/C19H19N3O4/c1-3-26-16-9-8-12(10-17(16)25-2)18(23)21-22-19(24)14-11-20-15-7-5-4-6-13(14)15/h4-11,20H,3H2,1-2H3,(H,21,23)(H,22,24). The van der Waals surface area contributed by atoms with Crippen LogP contribution in [0.5, 0.6) is 11.5 Å². The summed E-state index contributed by atoms with van der Waals surface area (Å²) >= 11 is 0. The summed E-state index contributed by atoms with van der Waals surface area (Å²) in [6.45, 7) is 2.35. The SMILES string of the molecule is CCOc1ccc(C(=O)NNC(=O)c2c[nH]c3ccccc23)cc1OC. The summed E-state index contributed by atoms with van der Waals surface area (Å²) in [7, 11) is 1.50. The number of amides is 2. The van der Waals surface area contributed by atoms with Gasteiger partial charge in [-0.05, 0) is 31.2 Å². The molecule has 1 heterocycles. The first-order valence-electron chi connectivity index (χ1n) is 8.11. The predicted octanol–water partition coefficient (Wildman–Crippen LogP) is 2.65. The molecule has 0 saturated heterocycles. The molecule has 3 N–H and O–H groups in total. The highest BCUT2D eigenvalue weighted by Gasteiger charge is 2.14. The van der Waals surface area contributed by atoms with Crippen molar-refractivity contribution in [3.05, 3.63) is 59.8 Å². The number of carbonyl (C=O) groups excluding carboxylic acids is 2. The Bertz CT molecular complexity index is 949. The van der Waals surface area contributed by atoms with E-state index >= 15 is 0 Å². The first-order valence-corrected chi connectivity index (χ1v) is 8.11. The van der Waals surface area contributed by atoms with Gasteiger partial charge in [-0.1, -0.05) is 18.2 Å². The highest BCUT2D eigenvalue weighted by atomic mass is 16.5. The lowest BCUT2D eigenvalue weighted by molar-refractivity contribution is 0.0847. The molecule has 1 aromatic heterocycles. The maximum absolute atomic E-state index is 12.3. The average Bonchev–Trinajstić information content (AvgIpc) is 3.10. The second kappa shape index (κ2) is 7.60. The lowest BCUT2D eigenvalue weighted by Crippen LogP contribution is -2.41. The second-order valence-corrected chi connectivity index (χ2v) is 5.45. The van der Waals surface area contributed by atoms with E-state index in [0.717, 1.165) is 10.9 Å². The largest absolute Gasteiger partial charge is 0.493 e. The number of rotatable bonds is 5. The molecule has 0 spiro atoms. The minimum atomic E-state index is -0.459. The number of carbonyl (C=O) groups is 2. The van der Waals surface area contributed by atoms with Crippen LogP contribution in [0.4, 0.5) is 0 Å². The number of nitrogens with one attached hydrogen (secondary N) is 3. The molecular weight excluding hydrogens is 334 g/mol. The van der Waals surface area contributed by atoms with Crippen LogP contribution in [0.1, 0.15) is 27.6 Å². The van der Waals surface area contributed by atoms with Gasteiger partial charge in [-0.15, -0.1) is 0 Å². The third-order valence-corrected chi connectivity index (χ3v) is 3.85. The molecule has 0 bridgehead atoms. The Hall–Kier alpha value is -3.48. The molecule has 7 heteroatoms. The molecule has 0 unspecified atom stereocenters. The predicted molar refractivity (Wildman–Crippen MR) is 97.4 cm³/mol. The van der Waals surface area contributed by atoms with Crippen molar-refractivity contribution in [2.24, 2.45) is 0 Å². The fraction of sp³-hybridized carbons (Fsp3) is 0.158. The molecule has 0 aliphatic carbocycles. The molecule has 3 rings (SSSR count). The lowest BCUT2D eigenvalue weighted by Gasteiger charge is -2.11. The van der Waals surface area contributed by atoms with E-state index in [2.05, 4.69) is 15.8 Å². The van der Waals surface area contributed by atoms with Gasteiger partial charge in [0.05, 0.1) is 19.3 Å². The molecule has 0 fully saturated rings. The summed E-state index contributed by atoms with van der Waals surface area (Å²) in [6, 6.07) is 12.2. The summed E-state index contributed by atoms with van der Waals surface area (Å²) in [5.74, 6) is 0.130. The topological polar surface area (TPSA) is 92.5 Å². The van der Waals surface area contributed by atoms with Crippen LogP contribution >= 0.6 is 0 Å². The fourth-order valence-electron chi connectivity index (χ4n) is 2.60. The molecule has 0 aliphatic rings. The summed E-state index contributed by atoms with van der Waals surface area (Å²) in [4.78, 5) is 27.6. The fourth-order valence-corrected chi connectivity index (χ4v) is 2.60. The molecule has 0 aliphatic heterocycles.